The lowest BCUT2D eigenvalue weighted by Crippen LogP contribution is -2.51. The number of aromatic hydroxyl groups is 1. The minimum atomic E-state index is 0.0126. The second kappa shape index (κ2) is 32.8. The summed E-state index contributed by atoms with van der Waals surface area (Å²) in [6.45, 7) is 15.5. The largest absolute Gasteiger partial charge is 0.507 e. The number of phenols is 1. The van der Waals surface area contributed by atoms with Gasteiger partial charge in [0.25, 0.3) is 5.22 Å². The molecule has 4 aliphatic carbocycles. The Labute approximate surface area is 478 Å². The Balaban J connectivity index is 0.682. The number of benzene rings is 2. The second-order valence-corrected chi connectivity index (χ2v) is 27.0. The monoisotopic (exact) mass is 1090 g/mol. The molecule has 9 heteroatoms. The predicted molar refractivity (Wildman–Crippen MR) is 326 cm³/mol. The number of rotatable bonds is 37. The van der Waals surface area contributed by atoms with E-state index in [1.54, 1.807) is 29.6 Å². The lowest BCUT2D eigenvalue weighted by atomic mass is 9.47. The maximum atomic E-state index is 13.0. The fourth-order valence-corrected chi connectivity index (χ4v) is 15.8. The van der Waals surface area contributed by atoms with Crippen LogP contribution in [0.15, 0.2) is 68.7 Å². The number of aliphatic imine (C=N–C) groups is 1. The third-order valence-corrected chi connectivity index (χ3v) is 20.6. The van der Waals surface area contributed by atoms with E-state index in [0.717, 1.165) is 91.0 Å². The summed E-state index contributed by atoms with van der Waals surface area (Å²) in [7, 11) is 0. The number of allylic oxidation sites excluding steroid dienone is 1. The highest BCUT2D eigenvalue weighted by atomic mass is 32.2. The molecule has 0 aliphatic heterocycles. The van der Waals surface area contributed by atoms with Crippen LogP contribution in [0.4, 0.5) is 5.69 Å². The normalized spacial score (nSPS) is 24.2. The third-order valence-electron chi connectivity index (χ3n) is 19.7. The first kappa shape index (κ1) is 62.0. The molecule has 0 saturated heterocycles. The number of carbonyl (C=O) groups is 1. The van der Waals surface area contributed by atoms with E-state index < -0.39 is 0 Å². The molecular weight excluding hydrogens is 983 g/mol. The van der Waals surface area contributed by atoms with Crippen molar-refractivity contribution in [1.29, 1.82) is 0 Å². The first-order valence-corrected chi connectivity index (χ1v) is 33.4. The molecule has 434 valence electrons. The minimum absolute atomic E-state index is 0.0126. The van der Waals surface area contributed by atoms with E-state index in [0.29, 0.717) is 46.3 Å². The Morgan fingerprint density at radius 1 is 0.756 bits per heavy atom. The van der Waals surface area contributed by atoms with Crippen molar-refractivity contribution in [3.05, 3.63) is 59.7 Å². The molecule has 8 atom stereocenters. The Morgan fingerprint density at radius 3 is 2.10 bits per heavy atom. The molecule has 1 unspecified atom stereocenters. The summed E-state index contributed by atoms with van der Waals surface area (Å²) >= 11 is 1.64. The van der Waals surface area contributed by atoms with Crippen molar-refractivity contribution in [2.75, 3.05) is 12.4 Å². The van der Waals surface area contributed by atoms with Crippen LogP contribution in [-0.2, 0) is 9.53 Å². The fourth-order valence-electron chi connectivity index (χ4n) is 15.0. The van der Waals surface area contributed by atoms with Crippen LogP contribution in [0, 0.1) is 46.3 Å². The topological polar surface area (TPSA) is 107 Å². The number of nitrogens with zero attached hydrogens (tertiary/aromatic N) is 3. The molecule has 4 aliphatic rings. The van der Waals surface area contributed by atoms with Gasteiger partial charge in [0.1, 0.15) is 17.6 Å². The molecule has 78 heavy (non-hydrogen) atoms. The van der Waals surface area contributed by atoms with Crippen LogP contribution in [0.25, 0.3) is 11.5 Å². The summed E-state index contributed by atoms with van der Waals surface area (Å²) in [5, 5.41) is 19.9. The smallest absolute Gasteiger partial charge is 0.306 e. The number of hydrogen-bond acceptors (Lipinski definition) is 9. The van der Waals surface area contributed by atoms with Crippen LogP contribution in [0.2, 0.25) is 0 Å². The van der Waals surface area contributed by atoms with Gasteiger partial charge < -0.3 is 19.0 Å². The highest BCUT2D eigenvalue weighted by Crippen LogP contribution is 2.67. The van der Waals surface area contributed by atoms with Crippen molar-refractivity contribution in [2.45, 2.75) is 271 Å². The van der Waals surface area contributed by atoms with E-state index in [-0.39, 0.29) is 17.8 Å². The zero-order valence-electron chi connectivity index (χ0n) is 50.0. The molecule has 0 amide bonds. The average molecular weight is 1090 g/mol. The van der Waals surface area contributed by atoms with Gasteiger partial charge in [0, 0.05) is 42.0 Å². The molecule has 3 aromatic rings. The molecule has 1 aromatic heterocycles. The second-order valence-electron chi connectivity index (χ2n) is 25.9. The van der Waals surface area contributed by atoms with Crippen molar-refractivity contribution < 1.29 is 23.8 Å². The van der Waals surface area contributed by atoms with Crippen LogP contribution in [-0.4, -0.2) is 46.0 Å². The van der Waals surface area contributed by atoms with Gasteiger partial charge in [-0.1, -0.05) is 206 Å². The lowest BCUT2D eigenvalue weighted by molar-refractivity contribution is -0.151. The van der Waals surface area contributed by atoms with Crippen LogP contribution >= 0.6 is 11.8 Å². The average Bonchev–Trinajstić information content (AvgIpc) is 4.11. The van der Waals surface area contributed by atoms with Crippen molar-refractivity contribution in [3.63, 3.8) is 0 Å². The number of phenolic OH excluding ortho intramolecular Hbond substituents is 1. The summed E-state index contributed by atoms with van der Waals surface area (Å²) in [4.78, 5) is 17.6. The third kappa shape index (κ3) is 18.7. The minimum Gasteiger partial charge on any atom is -0.507 e. The number of unbranched alkanes of at least 4 members (excludes halogenated alkanes) is 20. The molecule has 8 nitrogen and oxygen atoms in total. The number of ether oxygens (including phenoxy) is 2. The van der Waals surface area contributed by atoms with Gasteiger partial charge in [0.05, 0.1) is 12.3 Å². The van der Waals surface area contributed by atoms with E-state index in [1.807, 2.05) is 36.4 Å². The predicted octanol–water partition coefficient (Wildman–Crippen LogP) is 20.6. The zero-order chi connectivity index (χ0) is 55.0. The molecule has 1 heterocycles. The Morgan fingerprint density at radius 2 is 1.42 bits per heavy atom. The number of aromatic nitrogens is 2. The van der Waals surface area contributed by atoms with E-state index in [4.69, 9.17) is 13.9 Å². The van der Waals surface area contributed by atoms with Crippen molar-refractivity contribution in [3.8, 4) is 23.0 Å². The Hall–Kier alpha value is -3.59. The van der Waals surface area contributed by atoms with Gasteiger partial charge in [-0.2, -0.15) is 0 Å². The number of thioether (sulfide) groups is 1. The maximum Gasteiger partial charge on any atom is 0.306 e. The zero-order valence-corrected chi connectivity index (χ0v) is 50.8. The van der Waals surface area contributed by atoms with Crippen molar-refractivity contribution >= 4 is 29.6 Å². The van der Waals surface area contributed by atoms with Gasteiger partial charge in [-0.15, -0.1) is 10.2 Å². The van der Waals surface area contributed by atoms with Gasteiger partial charge in [-0.3, -0.25) is 9.79 Å². The van der Waals surface area contributed by atoms with Crippen LogP contribution in [0.3, 0.4) is 0 Å². The van der Waals surface area contributed by atoms with Crippen molar-refractivity contribution in [1.82, 2.24) is 10.2 Å². The molecule has 2 aromatic carbocycles. The lowest BCUT2D eigenvalue weighted by Gasteiger charge is -2.58. The summed E-state index contributed by atoms with van der Waals surface area (Å²) in [6, 6.07) is 13.1. The summed E-state index contributed by atoms with van der Waals surface area (Å²) in [6.07, 6.45) is 47.1. The van der Waals surface area contributed by atoms with Crippen LogP contribution in [0.5, 0.6) is 11.5 Å². The van der Waals surface area contributed by atoms with Gasteiger partial charge in [0.2, 0.25) is 5.89 Å². The highest BCUT2D eigenvalue weighted by Gasteiger charge is 2.59. The molecule has 1 N–H and O–H groups in total. The SMILES string of the molecule is CCCCCCCCCCCCCCCCSc1nnc(-c2ccc(N=Cc3ccc(OCCCCCCCCCCC(=O)OC4CC[C@@]5(C)C(=CC[C@H]6[C@@H]7CC[C@H]([C@H](C)CCCC(C)C)[C@@]7(C)CC[C@@H]65)C4)cc3O)cc2)o1. The summed E-state index contributed by atoms with van der Waals surface area (Å²) < 4.78 is 18.1. The molecule has 3 saturated carbocycles. The first-order valence-electron chi connectivity index (χ1n) is 32.4. The standard InChI is InChI=1S/C69H107N3O5S/c1-7-8-9-10-11-12-13-14-15-16-19-22-25-28-48-78-67-72-71-66(77-67)54-33-37-57(38-34-54)70-51-55-35-39-58(50-64(55)73)75-47-27-24-21-18-17-20-23-26-32-65(74)76-59-43-45-68(5)56(49-59)36-40-60-62-42-41-61(53(4)31-29-30-52(2)3)69(62,6)46-44-63(60)68/h33-39,50-53,59-63,73H,7-32,40-49H2,1-6H3/t53-,59?,60+,61-,62+,63+,68+,69-/m1/s1. The molecule has 0 radical (unpaired) electrons. The summed E-state index contributed by atoms with van der Waals surface area (Å²) in [5.41, 5.74) is 4.69. The molecule has 3 fully saturated rings. The molecular formula is C69H107N3O5S. The van der Waals surface area contributed by atoms with Gasteiger partial charge >= 0.3 is 5.97 Å². The Bertz CT molecular complexity index is 2260. The van der Waals surface area contributed by atoms with Gasteiger partial charge in [-0.05, 0) is 147 Å². The maximum absolute atomic E-state index is 13.0. The van der Waals surface area contributed by atoms with E-state index in [2.05, 4.69) is 62.8 Å². The van der Waals surface area contributed by atoms with E-state index in [9.17, 15) is 9.90 Å². The molecule has 7 rings (SSSR count). The number of hydrogen-bond donors (Lipinski definition) is 1. The number of carbonyl (C=O) groups excluding carboxylic acids is 1. The van der Waals surface area contributed by atoms with E-state index in [1.165, 1.54) is 173 Å². The Kier molecular flexibility index (Phi) is 26.0. The van der Waals surface area contributed by atoms with Crippen LogP contribution < -0.4 is 4.74 Å². The summed E-state index contributed by atoms with van der Waals surface area (Å²) in [5.74, 6) is 7.43. The molecule has 0 spiro atoms. The van der Waals surface area contributed by atoms with E-state index >= 15 is 0 Å². The molecule has 0 bridgehead atoms. The van der Waals surface area contributed by atoms with Gasteiger partial charge in [-0.25, -0.2) is 0 Å². The van der Waals surface area contributed by atoms with Gasteiger partial charge in [0.15, 0.2) is 0 Å². The number of fused-ring (bicyclic) bond motifs is 5. The quantitative estimate of drug-likeness (QED) is 0.0200. The van der Waals surface area contributed by atoms with Crippen LogP contribution in [0.1, 0.15) is 265 Å². The first-order chi connectivity index (χ1) is 38.0. The van der Waals surface area contributed by atoms with Crippen molar-refractivity contribution in [2.24, 2.45) is 51.3 Å². The highest BCUT2D eigenvalue weighted by molar-refractivity contribution is 7.99. The fraction of sp³-hybridized carbons (Fsp3) is 0.739. The number of esters is 1.